The van der Waals surface area contributed by atoms with E-state index >= 15 is 35.1 Å². The van der Waals surface area contributed by atoms with E-state index in [0.29, 0.717) is 84.0 Å². The van der Waals surface area contributed by atoms with Crippen LogP contribution in [0.4, 0.5) is 119 Å². The maximum atomic E-state index is 15.3. The number of hydrogen-bond acceptors (Lipinski definition) is 26. The van der Waals surface area contributed by atoms with Gasteiger partial charge in [0.1, 0.15) is 11.7 Å². The van der Waals surface area contributed by atoms with E-state index in [2.05, 4.69) is 50.0 Å². The molecule has 14 fully saturated rings. The van der Waals surface area contributed by atoms with Crippen molar-refractivity contribution in [3.05, 3.63) is 48.6 Å². The van der Waals surface area contributed by atoms with Crippen LogP contribution in [0.2, 0.25) is 0 Å². The number of hydrogen-bond donors (Lipinski definition) is 6. The first-order valence-corrected chi connectivity index (χ1v) is 46.5. The highest BCUT2D eigenvalue weighted by Crippen LogP contribution is 2.72. The second kappa shape index (κ2) is 38.1. The van der Waals surface area contributed by atoms with Crippen molar-refractivity contribution in [2.75, 3.05) is 59.5 Å². The second-order valence-corrected chi connectivity index (χ2v) is 45.8. The molecule has 0 spiro atoms. The largest absolute Gasteiger partial charge is 0.462 e. The quantitative estimate of drug-likeness (QED) is 0.0175. The molecule has 850 valence electrons. The van der Waals surface area contributed by atoms with Gasteiger partial charge in [0.25, 0.3) is 0 Å². The highest BCUT2D eigenvalue weighted by molar-refractivity contribution is 5.88. The lowest BCUT2D eigenvalue weighted by atomic mass is 9.43. The molecule has 6 aliphatic heterocycles. The first-order valence-electron chi connectivity index (χ1n) is 46.5. The fraction of sp³-hybridized carbons (Fsp3) is 0.872. The van der Waals surface area contributed by atoms with Crippen LogP contribution in [0.1, 0.15) is 223 Å². The number of halogens is 27. The summed E-state index contributed by atoms with van der Waals surface area (Å²) in [6.45, 7) is 30.9. The molecule has 0 radical (unpaired) electrons. The van der Waals surface area contributed by atoms with Crippen molar-refractivity contribution in [2.45, 2.75) is 397 Å². The van der Waals surface area contributed by atoms with Gasteiger partial charge >= 0.3 is 119 Å². The summed E-state index contributed by atoms with van der Waals surface area (Å²) in [6, 6.07) is 0. The van der Waals surface area contributed by atoms with E-state index in [4.69, 9.17) is 52.1 Å². The third kappa shape index (κ3) is 20.5. The van der Waals surface area contributed by atoms with Crippen LogP contribution in [0.3, 0.4) is 0 Å². The Morgan fingerprint density at radius 1 is 0.347 bits per heavy atom. The molecule has 8 aliphatic carbocycles. The number of aliphatic hydroxyl groups is 6. The van der Waals surface area contributed by atoms with Crippen molar-refractivity contribution in [1.29, 1.82) is 0 Å². The molecule has 0 aromatic heterocycles. The van der Waals surface area contributed by atoms with Gasteiger partial charge in [-0.05, 0) is 244 Å². The van der Waals surface area contributed by atoms with Gasteiger partial charge in [0.2, 0.25) is 5.79 Å². The van der Waals surface area contributed by atoms with Gasteiger partial charge in [-0.25, -0.2) is 19.2 Å². The minimum absolute atomic E-state index is 0.0668. The molecule has 18 unspecified atom stereocenters. The average Bonchev–Trinajstić information content (AvgIpc) is 1.66. The Morgan fingerprint density at radius 2 is 0.605 bits per heavy atom. The first-order chi connectivity index (χ1) is 65.2. The van der Waals surface area contributed by atoms with Gasteiger partial charge in [0.15, 0.2) is 33.6 Å². The third-order valence-corrected chi connectivity index (χ3v) is 31.4. The molecule has 14 aliphatic rings. The Labute approximate surface area is 829 Å². The standard InChI is InChI=1S/C24H32F10O8.C24H35F7O8.C24H33F5O5.C22H29F5O5/c1-12(2)14(35)40-13(16(5,6)42-18(8)11-39-22(37,20(18,27)28)24(32,33)34)9-15(3,4)41-17(7)10-38-21(36,19(17,25)26)23(29,30)31;1-13(2)15(32)35-10-14(16(3,4)38-18(7)11-36-20(9,33)21(18,25)26)17(5,6)39-19(8)12-37-23(34,22(19,27)28)24(29,30)31;1-13(2)18(30)32-12-20-8-15-6-16(9-20)21(14(3)4,17(7-15)10-20)34-19(5)11-33-23(31,22(19,25)26)24(27,28)29;1-12(2)16(28)30-11-19-7-13-5-14(8-19)18(4,15(6-13)9-19)32-17(3)10-31-21(29,20(17,23)24)22(25,26)27/h13,36-37H,1,9-11H2,2-8H3;14,33-34H,1,10-12H2,2-9H3;14-17,31H,1,6-12H2,2-5H3;13-15,29H,1,5-11H2,2-4H3. The second-order valence-electron chi connectivity index (χ2n) is 45.8. The zero-order valence-corrected chi connectivity index (χ0v) is 84.7. The molecule has 8 bridgehead atoms. The Kier molecular flexibility index (Phi) is 32.3. The first kappa shape index (κ1) is 125. The lowest BCUT2D eigenvalue weighted by Gasteiger charge is -2.67. The molecule has 6 heterocycles. The number of carbonyl (C=O) groups excluding carboxylic acids is 4. The molecule has 18 atom stereocenters. The predicted octanol–water partition coefficient (Wildman–Crippen LogP) is 18.3. The maximum absolute atomic E-state index is 15.3. The normalized spacial score (nSPS) is 39.9. The van der Waals surface area contributed by atoms with Gasteiger partial charge in [-0.1, -0.05) is 40.2 Å². The van der Waals surface area contributed by atoms with Crippen molar-refractivity contribution in [2.24, 2.45) is 58.2 Å². The van der Waals surface area contributed by atoms with Crippen LogP contribution in [0.5, 0.6) is 0 Å². The molecule has 0 aromatic rings. The summed E-state index contributed by atoms with van der Waals surface area (Å²) in [6.07, 6.45) is -25.1. The van der Waals surface area contributed by atoms with Crippen molar-refractivity contribution < 1.29 is 244 Å². The van der Waals surface area contributed by atoms with Crippen LogP contribution in [-0.2, 0) is 95.0 Å². The Hall–Kier alpha value is -5.77. The lowest BCUT2D eigenvalue weighted by Crippen LogP contribution is -2.70. The topological polar surface area (TPSA) is 337 Å². The van der Waals surface area contributed by atoms with Gasteiger partial charge < -0.3 is 106 Å². The summed E-state index contributed by atoms with van der Waals surface area (Å²) >= 11 is 0. The zero-order chi connectivity index (χ0) is 114. The number of esters is 4. The summed E-state index contributed by atoms with van der Waals surface area (Å²) in [7, 11) is 0. The van der Waals surface area contributed by atoms with E-state index in [0.717, 1.165) is 89.0 Å². The van der Waals surface area contributed by atoms with E-state index in [9.17, 15) is 133 Å². The molecule has 26 nitrogen and oxygen atoms in total. The summed E-state index contributed by atoms with van der Waals surface area (Å²) in [5, 5.41) is 58.7. The van der Waals surface area contributed by atoms with E-state index in [1.165, 1.54) is 20.8 Å². The van der Waals surface area contributed by atoms with Crippen LogP contribution in [0, 0.1) is 58.2 Å². The van der Waals surface area contributed by atoms with E-state index < -0.39 is 257 Å². The number of ether oxygens (including phenoxy) is 16. The van der Waals surface area contributed by atoms with Crippen molar-refractivity contribution in [1.82, 2.24) is 0 Å². The van der Waals surface area contributed by atoms with Crippen LogP contribution in [0.25, 0.3) is 0 Å². The fourth-order valence-electron chi connectivity index (χ4n) is 23.8. The summed E-state index contributed by atoms with van der Waals surface area (Å²) < 4.78 is 462. The number of alkyl halides is 27. The third-order valence-electron chi connectivity index (χ3n) is 31.4. The van der Waals surface area contributed by atoms with Gasteiger partial charge in [0, 0.05) is 39.5 Å². The summed E-state index contributed by atoms with van der Waals surface area (Å²) in [5.41, 5.74) is -28.1. The smallest absolute Gasteiger partial charge is 0.449 e. The zero-order valence-electron chi connectivity index (χ0n) is 84.7. The molecule has 8 saturated carbocycles. The minimum Gasteiger partial charge on any atom is -0.462 e. The fourth-order valence-corrected chi connectivity index (χ4v) is 23.8. The van der Waals surface area contributed by atoms with E-state index in [1.807, 2.05) is 13.8 Å². The maximum Gasteiger partial charge on any atom is 0.449 e. The molecule has 14 rings (SSSR count). The minimum atomic E-state index is -5.98. The Morgan fingerprint density at radius 3 is 0.891 bits per heavy atom. The van der Waals surface area contributed by atoms with Crippen molar-refractivity contribution >= 4 is 23.9 Å². The van der Waals surface area contributed by atoms with E-state index in [-0.39, 0.29) is 75.9 Å². The molecule has 0 aromatic carbocycles. The molecule has 0 amide bonds. The lowest BCUT2D eigenvalue weighted by molar-refractivity contribution is -0.416. The molecule has 53 heteroatoms. The molecule has 6 saturated heterocycles. The summed E-state index contributed by atoms with van der Waals surface area (Å²) in [5.74, 6) is -60.6. The molecular weight excluding hydrogens is 2060 g/mol. The van der Waals surface area contributed by atoms with Crippen LogP contribution >= 0.6 is 0 Å². The molecule has 147 heavy (non-hydrogen) atoms. The average molecular weight is 2190 g/mol. The molecular formula is C94H129F27O26. The Balaban J connectivity index is 0.000000219. The van der Waals surface area contributed by atoms with Crippen molar-refractivity contribution in [3.63, 3.8) is 0 Å². The van der Waals surface area contributed by atoms with Crippen LogP contribution in [-0.4, -0.2) is 288 Å². The predicted molar refractivity (Wildman–Crippen MR) is 452 cm³/mol. The highest BCUT2D eigenvalue weighted by Gasteiger charge is 2.89. The van der Waals surface area contributed by atoms with Gasteiger partial charge in [-0.15, -0.1) is 0 Å². The van der Waals surface area contributed by atoms with E-state index in [1.54, 1.807) is 20.8 Å². The van der Waals surface area contributed by atoms with Crippen LogP contribution in [0.15, 0.2) is 48.6 Å². The monoisotopic (exact) mass is 2190 g/mol. The SMILES string of the molecule is C=C(C)C(=O)OC(CC(C)(C)OC1(C)COC(O)(C(F)(F)F)C1(F)F)C(C)(C)OC1(C)COC(O)(C(F)(F)F)C1(F)F.C=C(C)C(=O)OCC(C(C)(C)OC1(C)COC(C)(O)C1(F)F)C(C)(C)OC1(C)COC(O)(C(F)(F)F)C1(F)F.C=C(C)C(=O)OCC12CC3CC(C1)C(C)(OC1(C)COC(O)(C(F)(F)F)C1(F)F)C(C3)C2.C=C(C)C(=O)OCC12CC3CC(C1)C(OC1(C)COC(O)(C(F)(F)F)C1(F)F)(C(C)C)C(C3)C2. The van der Waals surface area contributed by atoms with Gasteiger partial charge in [-0.3, -0.25) is 0 Å². The highest BCUT2D eigenvalue weighted by atomic mass is 19.4. The summed E-state index contributed by atoms with van der Waals surface area (Å²) in [4.78, 5) is 48.4. The van der Waals surface area contributed by atoms with Gasteiger partial charge in [0.05, 0.1) is 93.4 Å². The van der Waals surface area contributed by atoms with Crippen LogP contribution < -0.4 is 0 Å². The Bertz CT molecular complexity index is 4910. The molecule has 6 N–H and O–H groups in total. The number of carbonyl (C=O) groups is 4. The number of rotatable bonds is 29. The van der Waals surface area contributed by atoms with Crippen molar-refractivity contribution in [3.8, 4) is 0 Å². The van der Waals surface area contributed by atoms with Gasteiger partial charge in [-0.2, -0.15) is 119 Å².